The van der Waals surface area contributed by atoms with E-state index in [2.05, 4.69) is 21.2 Å². The Hall–Kier alpha value is -1.95. The van der Waals surface area contributed by atoms with Crippen LogP contribution >= 0.6 is 15.9 Å². The molecule has 3 nitrogen and oxygen atoms in total. The summed E-state index contributed by atoms with van der Waals surface area (Å²) in [5, 5.41) is 2.60. The molecular weight excluding hydrogens is 356 g/mol. The number of carbonyl (C=O) groups excluding carboxylic acids is 1. The Morgan fingerprint density at radius 1 is 1.23 bits per heavy atom. The van der Waals surface area contributed by atoms with Crippen LogP contribution in [-0.2, 0) is 4.79 Å². The maximum absolute atomic E-state index is 13.6. The number of benzene rings is 2. The zero-order chi connectivity index (χ0) is 16.1. The van der Waals surface area contributed by atoms with Crippen molar-refractivity contribution in [3.8, 4) is 5.75 Å². The molecule has 0 heterocycles. The second kappa shape index (κ2) is 7.35. The fourth-order valence-electron chi connectivity index (χ4n) is 1.89. The van der Waals surface area contributed by atoms with Crippen molar-refractivity contribution in [1.82, 2.24) is 5.32 Å². The van der Waals surface area contributed by atoms with Crippen molar-refractivity contribution in [2.45, 2.75) is 13.0 Å². The van der Waals surface area contributed by atoms with E-state index in [0.29, 0.717) is 5.75 Å². The Balaban J connectivity index is 1.89. The number of halogens is 3. The predicted molar refractivity (Wildman–Crippen MR) is 82.6 cm³/mol. The Bertz CT molecular complexity index is 662. The summed E-state index contributed by atoms with van der Waals surface area (Å²) in [6.07, 6.45) is 0. The van der Waals surface area contributed by atoms with Crippen LogP contribution in [0.15, 0.2) is 46.9 Å². The van der Waals surface area contributed by atoms with E-state index in [-0.39, 0.29) is 18.1 Å². The molecule has 0 fully saturated rings. The van der Waals surface area contributed by atoms with Gasteiger partial charge in [-0.3, -0.25) is 4.79 Å². The van der Waals surface area contributed by atoms with Gasteiger partial charge in [-0.25, -0.2) is 8.78 Å². The first kappa shape index (κ1) is 16.4. The molecule has 2 rings (SSSR count). The highest BCUT2D eigenvalue weighted by atomic mass is 79.9. The Morgan fingerprint density at radius 2 is 1.91 bits per heavy atom. The number of nitrogens with one attached hydrogen (secondary N) is 1. The van der Waals surface area contributed by atoms with Crippen LogP contribution in [0, 0.1) is 11.6 Å². The quantitative estimate of drug-likeness (QED) is 0.865. The van der Waals surface area contributed by atoms with Gasteiger partial charge in [-0.05, 0) is 37.3 Å². The first-order chi connectivity index (χ1) is 10.5. The average Bonchev–Trinajstić information content (AvgIpc) is 2.46. The number of ether oxygens (including phenoxy) is 1. The molecule has 0 aliphatic heterocycles. The number of hydrogen-bond acceptors (Lipinski definition) is 2. The molecular formula is C16H14BrF2NO2. The summed E-state index contributed by atoms with van der Waals surface area (Å²) in [5.74, 6) is -1.18. The van der Waals surface area contributed by atoms with Crippen LogP contribution < -0.4 is 10.1 Å². The molecule has 116 valence electrons. The highest BCUT2D eigenvalue weighted by molar-refractivity contribution is 9.10. The van der Waals surface area contributed by atoms with Crippen LogP contribution in [0.2, 0.25) is 0 Å². The lowest BCUT2D eigenvalue weighted by Gasteiger charge is -2.15. The Labute approximate surface area is 135 Å². The van der Waals surface area contributed by atoms with Gasteiger partial charge in [0, 0.05) is 16.1 Å². The molecule has 2 aromatic rings. The van der Waals surface area contributed by atoms with Gasteiger partial charge in [0.15, 0.2) is 6.61 Å². The van der Waals surface area contributed by atoms with Gasteiger partial charge >= 0.3 is 0 Å². The maximum Gasteiger partial charge on any atom is 0.258 e. The summed E-state index contributed by atoms with van der Waals surface area (Å²) in [6.45, 7) is 1.43. The third kappa shape index (κ3) is 4.53. The lowest BCUT2D eigenvalue weighted by molar-refractivity contribution is -0.123. The van der Waals surface area contributed by atoms with Crippen LogP contribution in [0.5, 0.6) is 5.75 Å². The molecule has 0 radical (unpaired) electrons. The van der Waals surface area contributed by atoms with Crippen LogP contribution in [-0.4, -0.2) is 12.5 Å². The minimum absolute atomic E-state index is 0.186. The summed E-state index contributed by atoms with van der Waals surface area (Å²) in [6, 6.07) is 9.71. The van der Waals surface area contributed by atoms with Crippen LogP contribution in [0.4, 0.5) is 8.78 Å². The van der Waals surface area contributed by atoms with Gasteiger partial charge in [0.25, 0.3) is 5.91 Å². The van der Waals surface area contributed by atoms with Crippen LogP contribution in [0.3, 0.4) is 0 Å². The van der Waals surface area contributed by atoms with Gasteiger partial charge in [0.1, 0.15) is 17.4 Å². The lowest BCUT2D eigenvalue weighted by atomic mass is 10.1. The second-order valence-electron chi connectivity index (χ2n) is 4.70. The first-order valence-corrected chi connectivity index (χ1v) is 7.37. The molecule has 1 N–H and O–H groups in total. The molecule has 0 bridgehead atoms. The summed E-state index contributed by atoms with van der Waals surface area (Å²) >= 11 is 3.30. The van der Waals surface area contributed by atoms with E-state index in [1.807, 2.05) is 0 Å². The van der Waals surface area contributed by atoms with E-state index < -0.39 is 17.7 Å². The first-order valence-electron chi connectivity index (χ1n) is 6.58. The highest BCUT2D eigenvalue weighted by Gasteiger charge is 2.14. The van der Waals surface area contributed by atoms with E-state index in [1.165, 1.54) is 6.07 Å². The molecule has 2 aromatic carbocycles. The molecule has 0 aliphatic carbocycles. The molecule has 0 spiro atoms. The average molecular weight is 370 g/mol. The summed E-state index contributed by atoms with van der Waals surface area (Å²) < 4.78 is 32.7. The lowest BCUT2D eigenvalue weighted by Crippen LogP contribution is -2.31. The van der Waals surface area contributed by atoms with Gasteiger partial charge < -0.3 is 10.1 Å². The molecule has 1 atom stereocenters. The number of carbonyl (C=O) groups is 1. The van der Waals surface area contributed by atoms with Gasteiger partial charge in [-0.2, -0.15) is 0 Å². The van der Waals surface area contributed by atoms with Crippen LogP contribution in [0.25, 0.3) is 0 Å². The Morgan fingerprint density at radius 3 is 2.55 bits per heavy atom. The van der Waals surface area contributed by atoms with Gasteiger partial charge in [0.2, 0.25) is 0 Å². The molecule has 0 aliphatic rings. The van der Waals surface area contributed by atoms with Crippen molar-refractivity contribution < 1.29 is 18.3 Å². The fourth-order valence-corrected chi connectivity index (χ4v) is 2.16. The van der Waals surface area contributed by atoms with Crippen molar-refractivity contribution in [2.24, 2.45) is 0 Å². The number of amides is 1. The van der Waals surface area contributed by atoms with Crippen molar-refractivity contribution in [2.75, 3.05) is 6.61 Å². The maximum atomic E-state index is 13.6. The number of hydrogen-bond donors (Lipinski definition) is 1. The smallest absolute Gasteiger partial charge is 0.258 e. The third-order valence-electron chi connectivity index (χ3n) is 2.99. The molecule has 22 heavy (non-hydrogen) atoms. The van der Waals surface area contributed by atoms with Gasteiger partial charge in [0.05, 0.1) is 6.04 Å². The van der Waals surface area contributed by atoms with Gasteiger partial charge in [-0.1, -0.05) is 22.0 Å². The topological polar surface area (TPSA) is 38.3 Å². The molecule has 0 aromatic heterocycles. The standard InChI is InChI=1S/C16H14BrF2NO2/c1-10(14-7-4-12(18)8-15(14)19)20-16(21)9-22-13-5-2-11(17)3-6-13/h2-8,10H,9H2,1H3,(H,20,21)/t10-/m0/s1. The van der Waals surface area contributed by atoms with E-state index in [1.54, 1.807) is 31.2 Å². The Kier molecular flexibility index (Phi) is 5.49. The largest absolute Gasteiger partial charge is 0.484 e. The molecule has 6 heteroatoms. The number of rotatable bonds is 5. The van der Waals surface area contributed by atoms with Gasteiger partial charge in [-0.15, -0.1) is 0 Å². The van der Waals surface area contributed by atoms with E-state index in [0.717, 1.165) is 16.6 Å². The molecule has 0 saturated heterocycles. The van der Waals surface area contributed by atoms with Crippen LogP contribution in [0.1, 0.15) is 18.5 Å². The SMILES string of the molecule is C[C@H](NC(=O)COc1ccc(Br)cc1)c1ccc(F)cc1F. The third-order valence-corrected chi connectivity index (χ3v) is 3.52. The summed E-state index contributed by atoms with van der Waals surface area (Å²) in [7, 11) is 0. The minimum Gasteiger partial charge on any atom is -0.484 e. The van der Waals surface area contributed by atoms with Crippen molar-refractivity contribution in [1.29, 1.82) is 0 Å². The molecule has 0 unspecified atom stereocenters. The molecule has 1 amide bonds. The van der Waals surface area contributed by atoms with E-state index in [4.69, 9.17) is 4.74 Å². The predicted octanol–water partition coefficient (Wildman–Crippen LogP) is 3.98. The summed E-state index contributed by atoms with van der Waals surface area (Å²) in [4.78, 5) is 11.8. The normalized spacial score (nSPS) is 11.8. The highest BCUT2D eigenvalue weighted by Crippen LogP contribution is 2.18. The fraction of sp³-hybridized carbons (Fsp3) is 0.188. The molecule has 0 saturated carbocycles. The van der Waals surface area contributed by atoms with E-state index in [9.17, 15) is 13.6 Å². The second-order valence-corrected chi connectivity index (χ2v) is 5.61. The van der Waals surface area contributed by atoms with Crippen molar-refractivity contribution in [3.63, 3.8) is 0 Å². The zero-order valence-corrected chi connectivity index (χ0v) is 13.4. The van der Waals surface area contributed by atoms with Crippen molar-refractivity contribution >= 4 is 21.8 Å². The van der Waals surface area contributed by atoms with Crippen molar-refractivity contribution in [3.05, 3.63) is 64.1 Å². The monoisotopic (exact) mass is 369 g/mol. The zero-order valence-electron chi connectivity index (χ0n) is 11.8. The van der Waals surface area contributed by atoms with E-state index >= 15 is 0 Å². The minimum atomic E-state index is -0.693. The summed E-state index contributed by atoms with van der Waals surface area (Å²) in [5.41, 5.74) is 0.221.